The van der Waals surface area contributed by atoms with Crippen LogP contribution in [0.4, 0.5) is 10.1 Å². The maximum atomic E-state index is 13.3. The van der Waals surface area contributed by atoms with Crippen LogP contribution in [0.15, 0.2) is 42.5 Å². The van der Waals surface area contributed by atoms with Gasteiger partial charge in [-0.3, -0.25) is 0 Å². The first kappa shape index (κ1) is 11.2. The molecule has 0 aliphatic carbocycles. The Kier molecular flexibility index (Phi) is 2.72. The van der Waals surface area contributed by atoms with E-state index in [-0.39, 0.29) is 11.5 Å². The summed E-state index contributed by atoms with van der Waals surface area (Å²) in [5.74, 6) is -0.367. The minimum absolute atomic E-state index is 0.219. The van der Waals surface area contributed by atoms with E-state index in [1.54, 1.807) is 17.4 Å². The van der Waals surface area contributed by atoms with E-state index in [0.29, 0.717) is 6.42 Å². The Hall–Kier alpha value is -1.94. The molecule has 0 atom stereocenters. The molecule has 0 bridgehead atoms. The number of aromatic nitrogens is 1. The minimum Gasteiger partial charge on any atom is -0.396 e. The Balaban J connectivity index is 1.99. The SMILES string of the molecule is Nc1c(F)cccc1Cc1nc2ccccc2s1. The number of halogens is 1. The van der Waals surface area contributed by atoms with Crippen molar-refractivity contribution in [3.63, 3.8) is 0 Å². The zero-order chi connectivity index (χ0) is 12.5. The van der Waals surface area contributed by atoms with E-state index >= 15 is 0 Å². The van der Waals surface area contributed by atoms with E-state index in [1.165, 1.54) is 6.07 Å². The highest BCUT2D eigenvalue weighted by atomic mass is 32.1. The molecular weight excluding hydrogens is 247 g/mol. The van der Waals surface area contributed by atoms with E-state index in [1.807, 2.05) is 30.3 Å². The molecule has 0 amide bonds. The van der Waals surface area contributed by atoms with Crippen LogP contribution in [0.5, 0.6) is 0 Å². The van der Waals surface area contributed by atoms with Crippen LogP contribution in [0, 0.1) is 5.82 Å². The number of benzene rings is 2. The third kappa shape index (κ3) is 1.95. The van der Waals surface area contributed by atoms with Crippen LogP contribution in [0.25, 0.3) is 10.2 Å². The highest BCUT2D eigenvalue weighted by molar-refractivity contribution is 7.18. The van der Waals surface area contributed by atoms with Crippen LogP contribution in [0.1, 0.15) is 10.6 Å². The lowest BCUT2D eigenvalue weighted by atomic mass is 10.1. The number of thiazole rings is 1. The first-order valence-electron chi connectivity index (χ1n) is 5.61. The molecule has 0 radical (unpaired) electrons. The van der Waals surface area contributed by atoms with Crippen molar-refractivity contribution in [3.05, 3.63) is 58.9 Å². The number of nitrogen functional groups attached to an aromatic ring is 1. The summed E-state index contributed by atoms with van der Waals surface area (Å²) in [6.07, 6.45) is 0.572. The molecule has 1 heterocycles. The maximum absolute atomic E-state index is 13.3. The second kappa shape index (κ2) is 4.38. The summed E-state index contributed by atoms with van der Waals surface area (Å²) in [4.78, 5) is 4.52. The number of fused-ring (bicyclic) bond motifs is 1. The third-order valence-corrected chi connectivity index (χ3v) is 3.86. The molecule has 0 spiro atoms. The Morgan fingerprint density at radius 2 is 1.94 bits per heavy atom. The molecule has 4 heteroatoms. The molecule has 0 unspecified atom stereocenters. The van der Waals surface area contributed by atoms with Gasteiger partial charge in [-0.15, -0.1) is 11.3 Å². The van der Waals surface area contributed by atoms with Crippen LogP contribution in [0.3, 0.4) is 0 Å². The summed E-state index contributed by atoms with van der Waals surface area (Å²) in [6, 6.07) is 12.8. The maximum Gasteiger partial charge on any atom is 0.146 e. The lowest BCUT2D eigenvalue weighted by Crippen LogP contribution is -1.98. The molecule has 2 nitrogen and oxygen atoms in total. The van der Waals surface area contributed by atoms with Gasteiger partial charge in [0.05, 0.1) is 20.9 Å². The van der Waals surface area contributed by atoms with Crippen molar-refractivity contribution in [3.8, 4) is 0 Å². The Bertz CT molecular complexity index is 673. The fourth-order valence-electron chi connectivity index (χ4n) is 1.89. The normalized spacial score (nSPS) is 10.9. The van der Waals surface area contributed by atoms with Crippen LogP contribution in [-0.4, -0.2) is 4.98 Å². The van der Waals surface area contributed by atoms with E-state index in [9.17, 15) is 4.39 Å². The van der Waals surface area contributed by atoms with Crippen molar-refractivity contribution < 1.29 is 4.39 Å². The van der Waals surface area contributed by atoms with Crippen molar-refractivity contribution in [1.82, 2.24) is 4.98 Å². The number of nitrogens with zero attached hydrogens (tertiary/aromatic N) is 1. The first-order chi connectivity index (χ1) is 8.74. The van der Waals surface area contributed by atoms with Crippen molar-refractivity contribution in [2.24, 2.45) is 0 Å². The largest absolute Gasteiger partial charge is 0.396 e. The van der Waals surface area contributed by atoms with Gasteiger partial charge in [0.15, 0.2) is 0 Å². The monoisotopic (exact) mass is 258 g/mol. The van der Waals surface area contributed by atoms with Gasteiger partial charge >= 0.3 is 0 Å². The van der Waals surface area contributed by atoms with Gasteiger partial charge in [-0.2, -0.15) is 0 Å². The number of nitrogens with two attached hydrogens (primary N) is 1. The summed E-state index contributed by atoms with van der Waals surface area (Å²) in [5, 5.41) is 0.952. The molecule has 0 saturated carbocycles. The summed E-state index contributed by atoms with van der Waals surface area (Å²) in [5.41, 5.74) is 7.71. The summed E-state index contributed by atoms with van der Waals surface area (Å²) >= 11 is 1.62. The molecule has 0 saturated heterocycles. The Morgan fingerprint density at radius 1 is 1.11 bits per heavy atom. The Labute approximate surface area is 108 Å². The van der Waals surface area contributed by atoms with Gasteiger partial charge < -0.3 is 5.73 Å². The van der Waals surface area contributed by atoms with E-state index in [4.69, 9.17) is 5.73 Å². The van der Waals surface area contributed by atoms with Crippen molar-refractivity contribution >= 4 is 27.2 Å². The number of rotatable bonds is 2. The van der Waals surface area contributed by atoms with Gasteiger partial charge in [-0.25, -0.2) is 9.37 Å². The number of para-hydroxylation sites is 2. The summed E-state index contributed by atoms with van der Waals surface area (Å²) in [7, 11) is 0. The molecule has 2 aromatic carbocycles. The highest BCUT2D eigenvalue weighted by Crippen LogP contribution is 2.26. The van der Waals surface area contributed by atoms with E-state index in [2.05, 4.69) is 4.98 Å². The number of hydrogen-bond acceptors (Lipinski definition) is 3. The van der Waals surface area contributed by atoms with Gasteiger partial charge in [0, 0.05) is 6.42 Å². The minimum atomic E-state index is -0.367. The molecule has 0 aliphatic heterocycles. The van der Waals surface area contributed by atoms with Gasteiger partial charge in [0.1, 0.15) is 5.82 Å². The second-order valence-corrected chi connectivity index (χ2v) is 5.18. The zero-order valence-corrected chi connectivity index (χ0v) is 10.4. The summed E-state index contributed by atoms with van der Waals surface area (Å²) < 4.78 is 14.5. The van der Waals surface area contributed by atoms with Crippen LogP contribution >= 0.6 is 11.3 Å². The standard InChI is InChI=1S/C14H11FN2S/c15-10-5-3-4-9(14(10)16)8-13-17-11-6-1-2-7-12(11)18-13/h1-7H,8,16H2. The quantitative estimate of drug-likeness (QED) is 0.713. The van der Waals surface area contributed by atoms with Crippen LogP contribution in [0.2, 0.25) is 0 Å². The number of hydrogen-bond donors (Lipinski definition) is 1. The molecule has 2 N–H and O–H groups in total. The molecule has 18 heavy (non-hydrogen) atoms. The van der Waals surface area contributed by atoms with Gasteiger partial charge in [-0.05, 0) is 23.8 Å². The predicted octanol–water partition coefficient (Wildman–Crippen LogP) is 3.61. The lowest BCUT2D eigenvalue weighted by Gasteiger charge is -2.03. The van der Waals surface area contributed by atoms with Crippen LogP contribution < -0.4 is 5.73 Å². The van der Waals surface area contributed by atoms with Crippen molar-refractivity contribution in [1.29, 1.82) is 0 Å². The molecule has 3 aromatic rings. The van der Waals surface area contributed by atoms with E-state index < -0.39 is 0 Å². The van der Waals surface area contributed by atoms with Crippen molar-refractivity contribution in [2.45, 2.75) is 6.42 Å². The zero-order valence-electron chi connectivity index (χ0n) is 9.56. The predicted molar refractivity (Wildman–Crippen MR) is 73.2 cm³/mol. The Morgan fingerprint density at radius 3 is 2.78 bits per heavy atom. The highest BCUT2D eigenvalue weighted by Gasteiger charge is 2.08. The van der Waals surface area contributed by atoms with Crippen LogP contribution in [-0.2, 0) is 6.42 Å². The lowest BCUT2D eigenvalue weighted by molar-refractivity contribution is 0.631. The molecule has 0 fully saturated rings. The molecule has 3 rings (SSSR count). The second-order valence-electron chi connectivity index (χ2n) is 4.06. The van der Waals surface area contributed by atoms with Gasteiger partial charge in [0.2, 0.25) is 0 Å². The first-order valence-corrected chi connectivity index (χ1v) is 6.43. The van der Waals surface area contributed by atoms with E-state index in [0.717, 1.165) is 20.8 Å². The fraction of sp³-hybridized carbons (Fsp3) is 0.0714. The average Bonchev–Trinajstić information content (AvgIpc) is 2.77. The van der Waals surface area contributed by atoms with Crippen molar-refractivity contribution in [2.75, 3.05) is 5.73 Å². The molecule has 1 aromatic heterocycles. The average molecular weight is 258 g/mol. The topological polar surface area (TPSA) is 38.9 Å². The molecule has 90 valence electrons. The smallest absolute Gasteiger partial charge is 0.146 e. The number of anilines is 1. The fourth-order valence-corrected chi connectivity index (χ4v) is 2.88. The molecule has 0 aliphatic rings. The molecular formula is C14H11FN2S. The van der Waals surface area contributed by atoms with Gasteiger partial charge in [-0.1, -0.05) is 24.3 Å². The van der Waals surface area contributed by atoms with Gasteiger partial charge in [0.25, 0.3) is 0 Å². The summed E-state index contributed by atoms with van der Waals surface area (Å²) in [6.45, 7) is 0. The third-order valence-electron chi connectivity index (χ3n) is 2.82.